The molecule has 1 aromatic heterocycles. The molecule has 0 atom stereocenters. The SMILES string of the molecule is Brc1cnc(N2CCC3(CCC3)C2)nc1. The predicted molar refractivity (Wildman–Crippen MR) is 62.8 cm³/mol. The van der Waals surface area contributed by atoms with E-state index < -0.39 is 0 Å². The lowest BCUT2D eigenvalue weighted by Crippen LogP contribution is -2.33. The summed E-state index contributed by atoms with van der Waals surface area (Å²) < 4.78 is 0.948. The Morgan fingerprint density at radius 1 is 1.20 bits per heavy atom. The number of nitrogens with zero attached hydrogens (tertiary/aromatic N) is 3. The zero-order valence-corrected chi connectivity index (χ0v) is 10.2. The van der Waals surface area contributed by atoms with Crippen molar-refractivity contribution in [1.82, 2.24) is 9.97 Å². The van der Waals surface area contributed by atoms with Gasteiger partial charge in [0.2, 0.25) is 5.95 Å². The molecule has 0 bridgehead atoms. The first-order valence-electron chi connectivity index (χ1n) is 5.50. The fourth-order valence-corrected chi connectivity index (χ4v) is 2.86. The summed E-state index contributed by atoms with van der Waals surface area (Å²) in [6.07, 6.45) is 9.20. The summed E-state index contributed by atoms with van der Waals surface area (Å²) in [5.74, 6) is 0.891. The number of rotatable bonds is 1. The van der Waals surface area contributed by atoms with Crippen molar-refractivity contribution in [3.8, 4) is 0 Å². The van der Waals surface area contributed by atoms with Crippen molar-refractivity contribution in [3.05, 3.63) is 16.9 Å². The zero-order valence-electron chi connectivity index (χ0n) is 8.62. The topological polar surface area (TPSA) is 29.0 Å². The van der Waals surface area contributed by atoms with Crippen LogP contribution in [0.5, 0.6) is 0 Å². The van der Waals surface area contributed by atoms with Gasteiger partial charge in [-0.25, -0.2) is 9.97 Å². The van der Waals surface area contributed by atoms with Gasteiger partial charge in [-0.1, -0.05) is 6.42 Å². The standard InChI is InChI=1S/C11H14BrN3/c12-9-6-13-10(14-7-9)15-5-4-11(8-15)2-1-3-11/h6-7H,1-5,8H2. The van der Waals surface area contributed by atoms with Crippen LogP contribution in [0.15, 0.2) is 16.9 Å². The molecule has 1 saturated carbocycles. The lowest BCUT2D eigenvalue weighted by atomic mass is 9.68. The van der Waals surface area contributed by atoms with E-state index in [1.165, 1.54) is 25.7 Å². The fourth-order valence-electron chi connectivity index (χ4n) is 2.66. The lowest BCUT2D eigenvalue weighted by Gasteiger charge is -2.37. The Morgan fingerprint density at radius 3 is 2.47 bits per heavy atom. The van der Waals surface area contributed by atoms with Gasteiger partial charge in [-0.2, -0.15) is 0 Å². The summed E-state index contributed by atoms with van der Waals surface area (Å²) in [5, 5.41) is 0. The van der Waals surface area contributed by atoms with Gasteiger partial charge >= 0.3 is 0 Å². The number of anilines is 1. The molecule has 1 aromatic rings. The van der Waals surface area contributed by atoms with Crippen molar-refractivity contribution in [3.63, 3.8) is 0 Å². The van der Waals surface area contributed by atoms with Crippen LogP contribution in [0.1, 0.15) is 25.7 Å². The number of aromatic nitrogens is 2. The molecule has 0 unspecified atom stereocenters. The molecule has 1 saturated heterocycles. The molecule has 2 fully saturated rings. The molecule has 1 aliphatic heterocycles. The summed E-state index contributed by atoms with van der Waals surface area (Å²) in [5.41, 5.74) is 0.621. The van der Waals surface area contributed by atoms with E-state index >= 15 is 0 Å². The van der Waals surface area contributed by atoms with Gasteiger partial charge in [0.15, 0.2) is 0 Å². The van der Waals surface area contributed by atoms with E-state index in [1.807, 2.05) is 12.4 Å². The van der Waals surface area contributed by atoms with Crippen LogP contribution >= 0.6 is 15.9 Å². The van der Waals surface area contributed by atoms with Crippen molar-refractivity contribution in [2.75, 3.05) is 18.0 Å². The van der Waals surface area contributed by atoms with Crippen molar-refractivity contribution in [2.24, 2.45) is 5.41 Å². The summed E-state index contributed by atoms with van der Waals surface area (Å²) in [6.45, 7) is 2.29. The summed E-state index contributed by atoms with van der Waals surface area (Å²) in [6, 6.07) is 0. The minimum absolute atomic E-state index is 0.621. The van der Waals surface area contributed by atoms with Crippen LogP contribution in [0, 0.1) is 5.41 Å². The third kappa shape index (κ3) is 1.65. The van der Waals surface area contributed by atoms with E-state index in [9.17, 15) is 0 Å². The highest BCUT2D eigenvalue weighted by molar-refractivity contribution is 9.10. The molecular formula is C11H14BrN3. The Bertz CT molecular complexity index is 359. The van der Waals surface area contributed by atoms with Gasteiger partial charge in [0.1, 0.15) is 0 Å². The summed E-state index contributed by atoms with van der Waals surface area (Å²) in [4.78, 5) is 11.0. The van der Waals surface area contributed by atoms with E-state index in [0.717, 1.165) is 23.5 Å². The average molecular weight is 268 g/mol. The lowest BCUT2D eigenvalue weighted by molar-refractivity contribution is 0.165. The van der Waals surface area contributed by atoms with Gasteiger partial charge in [-0.3, -0.25) is 0 Å². The first-order valence-corrected chi connectivity index (χ1v) is 6.29. The third-order valence-electron chi connectivity index (χ3n) is 3.74. The van der Waals surface area contributed by atoms with Gasteiger partial charge in [0.25, 0.3) is 0 Å². The predicted octanol–water partition coefficient (Wildman–Crippen LogP) is 2.62. The molecule has 4 heteroatoms. The quantitative estimate of drug-likeness (QED) is 0.784. The highest BCUT2D eigenvalue weighted by atomic mass is 79.9. The number of hydrogen-bond acceptors (Lipinski definition) is 3. The first kappa shape index (κ1) is 9.58. The maximum Gasteiger partial charge on any atom is 0.225 e. The molecule has 3 rings (SSSR count). The second-order valence-corrected chi connectivity index (χ2v) is 5.64. The van der Waals surface area contributed by atoms with Gasteiger partial charge in [0, 0.05) is 25.5 Å². The second kappa shape index (κ2) is 3.44. The van der Waals surface area contributed by atoms with E-state index in [-0.39, 0.29) is 0 Å². The van der Waals surface area contributed by atoms with Crippen molar-refractivity contribution >= 4 is 21.9 Å². The Kier molecular flexibility index (Phi) is 2.20. The molecule has 3 nitrogen and oxygen atoms in total. The Hall–Kier alpha value is -0.640. The Labute approximate surface area is 98.0 Å². The minimum atomic E-state index is 0.621. The van der Waals surface area contributed by atoms with Crippen LogP contribution in [0.25, 0.3) is 0 Å². The van der Waals surface area contributed by atoms with E-state index in [1.54, 1.807) is 0 Å². The van der Waals surface area contributed by atoms with Crippen LogP contribution in [0.3, 0.4) is 0 Å². The molecule has 1 aliphatic carbocycles. The Balaban J connectivity index is 1.76. The third-order valence-corrected chi connectivity index (χ3v) is 4.15. The second-order valence-electron chi connectivity index (χ2n) is 4.73. The summed E-state index contributed by atoms with van der Waals surface area (Å²) >= 11 is 3.36. The molecule has 2 heterocycles. The maximum absolute atomic E-state index is 4.35. The first-order chi connectivity index (χ1) is 7.27. The molecule has 0 amide bonds. The molecule has 0 N–H and O–H groups in total. The monoisotopic (exact) mass is 267 g/mol. The van der Waals surface area contributed by atoms with Crippen LogP contribution < -0.4 is 4.90 Å². The van der Waals surface area contributed by atoms with Crippen LogP contribution in [-0.4, -0.2) is 23.1 Å². The van der Waals surface area contributed by atoms with Gasteiger partial charge in [-0.15, -0.1) is 0 Å². The molecule has 1 spiro atoms. The maximum atomic E-state index is 4.35. The van der Waals surface area contributed by atoms with Gasteiger partial charge in [-0.05, 0) is 40.6 Å². The molecular weight excluding hydrogens is 254 g/mol. The van der Waals surface area contributed by atoms with Gasteiger partial charge < -0.3 is 4.90 Å². The number of hydrogen-bond donors (Lipinski definition) is 0. The molecule has 15 heavy (non-hydrogen) atoms. The molecule has 0 radical (unpaired) electrons. The van der Waals surface area contributed by atoms with Crippen molar-refractivity contribution < 1.29 is 0 Å². The van der Waals surface area contributed by atoms with Crippen LogP contribution in [0.4, 0.5) is 5.95 Å². The molecule has 80 valence electrons. The largest absolute Gasteiger partial charge is 0.340 e. The fraction of sp³-hybridized carbons (Fsp3) is 0.636. The zero-order chi connectivity index (χ0) is 10.3. The number of halogens is 1. The highest BCUT2D eigenvalue weighted by Crippen LogP contribution is 2.48. The van der Waals surface area contributed by atoms with E-state index in [2.05, 4.69) is 30.8 Å². The minimum Gasteiger partial charge on any atom is -0.340 e. The Morgan fingerprint density at radius 2 is 1.93 bits per heavy atom. The van der Waals surface area contributed by atoms with Crippen molar-refractivity contribution in [2.45, 2.75) is 25.7 Å². The van der Waals surface area contributed by atoms with E-state index in [4.69, 9.17) is 0 Å². The normalized spacial score (nSPS) is 23.1. The smallest absolute Gasteiger partial charge is 0.225 e. The van der Waals surface area contributed by atoms with Crippen LogP contribution in [0.2, 0.25) is 0 Å². The average Bonchev–Trinajstić information content (AvgIpc) is 2.63. The van der Waals surface area contributed by atoms with Crippen LogP contribution in [-0.2, 0) is 0 Å². The molecule has 2 aliphatic rings. The van der Waals surface area contributed by atoms with Crippen molar-refractivity contribution in [1.29, 1.82) is 0 Å². The molecule has 0 aromatic carbocycles. The van der Waals surface area contributed by atoms with Gasteiger partial charge in [0.05, 0.1) is 4.47 Å². The highest BCUT2D eigenvalue weighted by Gasteiger charge is 2.43. The summed E-state index contributed by atoms with van der Waals surface area (Å²) in [7, 11) is 0. The van der Waals surface area contributed by atoms with E-state index in [0.29, 0.717) is 5.41 Å².